The van der Waals surface area contributed by atoms with E-state index < -0.39 is 0 Å². The number of fused-ring (bicyclic) bond motifs is 1. The van der Waals surface area contributed by atoms with Gasteiger partial charge in [-0.3, -0.25) is 0 Å². The van der Waals surface area contributed by atoms with Crippen LogP contribution in [0.2, 0.25) is 0 Å². The van der Waals surface area contributed by atoms with Gasteiger partial charge in [0.2, 0.25) is 0 Å². The normalized spacial score (nSPS) is 16.4. The van der Waals surface area contributed by atoms with Gasteiger partial charge < -0.3 is 9.47 Å². The molecule has 3 heteroatoms. The van der Waals surface area contributed by atoms with Crippen LogP contribution >= 0.6 is 0 Å². The van der Waals surface area contributed by atoms with E-state index in [1.54, 1.807) is 0 Å². The molecule has 0 bridgehead atoms. The smallest absolute Gasteiger partial charge is 0.163 e. The lowest BCUT2D eigenvalue weighted by Gasteiger charge is -2.24. The van der Waals surface area contributed by atoms with Crippen molar-refractivity contribution >= 4 is 21.7 Å². The second-order valence-corrected chi connectivity index (χ2v) is 11.0. The summed E-state index contributed by atoms with van der Waals surface area (Å²) in [5.74, 6) is 4.55. The summed E-state index contributed by atoms with van der Waals surface area (Å²) in [6.07, 6.45) is 2.70. The fraction of sp³-hybridized carbons (Fsp3) is 0.545. The maximum absolute atomic E-state index is 6.24. The van der Waals surface area contributed by atoms with E-state index in [2.05, 4.69) is 71.9 Å². The van der Waals surface area contributed by atoms with Crippen LogP contribution in [-0.2, 0) is 10.9 Å². The van der Waals surface area contributed by atoms with Crippen LogP contribution in [0.15, 0.2) is 35.2 Å². The van der Waals surface area contributed by atoms with E-state index in [0.29, 0.717) is 10.9 Å². The molecule has 136 valence electrons. The molecule has 0 aliphatic carbocycles. The Morgan fingerprint density at radius 2 is 1.40 bits per heavy atom. The first-order valence-electron chi connectivity index (χ1n) is 9.25. The maximum atomic E-state index is 6.24. The Morgan fingerprint density at radius 3 is 2.00 bits per heavy atom. The summed E-state index contributed by atoms with van der Waals surface area (Å²) < 4.78 is 12.4. The zero-order chi connectivity index (χ0) is 18.2. The molecule has 0 aromatic heterocycles. The predicted octanol–water partition coefficient (Wildman–Crippen LogP) is 5.97. The van der Waals surface area contributed by atoms with Gasteiger partial charge in [0.15, 0.2) is 4.90 Å². The maximum Gasteiger partial charge on any atom is 0.163 e. The van der Waals surface area contributed by atoms with Crippen LogP contribution in [0.5, 0.6) is 11.5 Å². The number of benzene rings is 2. The quantitative estimate of drug-likeness (QED) is 0.629. The lowest BCUT2D eigenvalue weighted by atomic mass is 10.1. The second kappa shape index (κ2) is 6.75. The minimum Gasteiger partial charge on any atom is -0.488 e. The molecule has 25 heavy (non-hydrogen) atoms. The van der Waals surface area contributed by atoms with Crippen molar-refractivity contribution in [2.45, 2.75) is 70.5 Å². The summed E-state index contributed by atoms with van der Waals surface area (Å²) in [5.41, 5.74) is -0.395. The standard InChI is InChI=1S/C22H31O2S/c1-21(2,3)23-16-9-10-17-18(15-16)20(25-13-7-8-14-25)12-11-19(17)24-22(4,5)6/h9-12,15H,7-8,13-14H2,1-6H3/q+1. The van der Waals surface area contributed by atoms with Gasteiger partial charge in [-0.2, -0.15) is 0 Å². The molecule has 0 spiro atoms. The van der Waals surface area contributed by atoms with Gasteiger partial charge >= 0.3 is 0 Å². The van der Waals surface area contributed by atoms with E-state index in [9.17, 15) is 0 Å². The number of rotatable bonds is 3. The minimum absolute atomic E-state index is 0.191. The van der Waals surface area contributed by atoms with E-state index in [1.165, 1.54) is 40.0 Å². The Hall–Kier alpha value is -1.35. The van der Waals surface area contributed by atoms with Crippen molar-refractivity contribution in [3.05, 3.63) is 30.3 Å². The Morgan fingerprint density at radius 1 is 0.760 bits per heavy atom. The molecular weight excluding hydrogens is 328 g/mol. The van der Waals surface area contributed by atoms with Crippen LogP contribution in [0.1, 0.15) is 54.4 Å². The monoisotopic (exact) mass is 359 g/mol. The van der Waals surface area contributed by atoms with Crippen LogP contribution in [0, 0.1) is 0 Å². The summed E-state index contributed by atoms with van der Waals surface area (Å²) >= 11 is 0. The van der Waals surface area contributed by atoms with Crippen molar-refractivity contribution in [2.75, 3.05) is 11.5 Å². The zero-order valence-corrected chi connectivity index (χ0v) is 17.3. The van der Waals surface area contributed by atoms with E-state index in [0.717, 1.165) is 11.5 Å². The Balaban J connectivity index is 2.11. The summed E-state index contributed by atoms with van der Waals surface area (Å²) in [6, 6.07) is 10.9. The third-order valence-electron chi connectivity index (χ3n) is 4.09. The van der Waals surface area contributed by atoms with Crippen LogP contribution in [0.3, 0.4) is 0 Å². The van der Waals surface area contributed by atoms with E-state index >= 15 is 0 Å². The predicted molar refractivity (Wildman–Crippen MR) is 109 cm³/mol. The molecule has 2 aromatic carbocycles. The topological polar surface area (TPSA) is 18.5 Å². The number of hydrogen-bond donors (Lipinski definition) is 0. The van der Waals surface area contributed by atoms with Gasteiger partial charge in [0.1, 0.15) is 34.2 Å². The van der Waals surface area contributed by atoms with Gasteiger partial charge in [-0.05, 0) is 84.7 Å². The fourth-order valence-corrected chi connectivity index (χ4v) is 5.72. The molecule has 0 saturated carbocycles. The van der Waals surface area contributed by atoms with Crippen molar-refractivity contribution in [1.82, 2.24) is 0 Å². The summed E-state index contributed by atoms with van der Waals surface area (Å²) in [6.45, 7) is 12.6. The van der Waals surface area contributed by atoms with Crippen molar-refractivity contribution < 1.29 is 9.47 Å². The first-order chi connectivity index (χ1) is 11.6. The van der Waals surface area contributed by atoms with Crippen LogP contribution in [0.4, 0.5) is 0 Å². The van der Waals surface area contributed by atoms with Gasteiger partial charge in [-0.25, -0.2) is 0 Å². The van der Waals surface area contributed by atoms with Crippen molar-refractivity contribution in [1.29, 1.82) is 0 Å². The van der Waals surface area contributed by atoms with Gasteiger partial charge in [-0.1, -0.05) is 0 Å². The van der Waals surface area contributed by atoms with Crippen molar-refractivity contribution in [3.63, 3.8) is 0 Å². The molecule has 0 unspecified atom stereocenters. The molecule has 0 radical (unpaired) electrons. The lowest BCUT2D eigenvalue weighted by Crippen LogP contribution is -2.23. The second-order valence-electron chi connectivity index (χ2n) is 8.81. The molecule has 1 fully saturated rings. The highest BCUT2D eigenvalue weighted by atomic mass is 32.2. The lowest BCUT2D eigenvalue weighted by molar-refractivity contribution is 0.131. The average molecular weight is 360 g/mol. The van der Waals surface area contributed by atoms with Crippen LogP contribution in [-0.4, -0.2) is 22.7 Å². The molecule has 1 aliphatic rings. The van der Waals surface area contributed by atoms with Gasteiger partial charge in [0.05, 0.1) is 0 Å². The Bertz CT molecular complexity index is 747. The van der Waals surface area contributed by atoms with Crippen LogP contribution in [0.25, 0.3) is 10.8 Å². The molecule has 2 nitrogen and oxygen atoms in total. The minimum atomic E-state index is -0.204. The third kappa shape index (κ3) is 4.63. The SMILES string of the molecule is CC(C)(C)Oc1ccc2c(OC(C)(C)C)ccc([S+]3CCCC3)c2c1. The first-order valence-corrected chi connectivity index (χ1v) is 10.8. The molecule has 0 amide bonds. The van der Waals surface area contributed by atoms with Gasteiger partial charge in [0, 0.05) is 21.7 Å². The van der Waals surface area contributed by atoms with Crippen molar-refractivity contribution in [3.8, 4) is 11.5 Å². The fourth-order valence-electron chi connectivity index (χ4n) is 3.24. The molecular formula is C22H31O2S+. The molecule has 1 saturated heterocycles. The Labute approximate surface area is 155 Å². The molecule has 1 aliphatic heterocycles. The van der Waals surface area contributed by atoms with E-state index in [1.807, 2.05) is 0 Å². The summed E-state index contributed by atoms with van der Waals surface area (Å²) in [4.78, 5) is 1.48. The molecule has 0 N–H and O–H groups in total. The van der Waals surface area contributed by atoms with E-state index in [-0.39, 0.29) is 11.2 Å². The van der Waals surface area contributed by atoms with Crippen molar-refractivity contribution in [2.24, 2.45) is 0 Å². The number of ether oxygens (including phenoxy) is 2. The summed E-state index contributed by atoms with van der Waals surface area (Å²) in [5, 5.41) is 2.50. The van der Waals surface area contributed by atoms with Crippen LogP contribution < -0.4 is 9.47 Å². The zero-order valence-electron chi connectivity index (χ0n) is 16.4. The Kier molecular flexibility index (Phi) is 4.98. The largest absolute Gasteiger partial charge is 0.488 e. The highest BCUT2D eigenvalue weighted by molar-refractivity contribution is 7.97. The van der Waals surface area contributed by atoms with Gasteiger partial charge in [-0.15, -0.1) is 0 Å². The number of hydrogen-bond acceptors (Lipinski definition) is 2. The molecule has 3 rings (SSSR count). The third-order valence-corrected chi connectivity index (χ3v) is 6.63. The van der Waals surface area contributed by atoms with E-state index in [4.69, 9.17) is 9.47 Å². The molecule has 2 aromatic rings. The first kappa shape index (κ1) is 18.4. The average Bonchev–Trinajstić information content (AvgIpc) is 2.98. The molecule has 1 heterocycles. The molecule has 0 atom stereocenters. The highest BCUT2D eigenvalue weighted by Gasteiger charge is 2.30. The summed E-state index contributed by atoms with van der Waals surface area (Å²) in [7, 11) is 0.361. The van der Waals surface area contributed by atoms with Gasteiger partial charge in [0.25, 0.3) is 0 Å². The highest BCUT2D eigenvalue weighted by Crippen LogP contribution is 2.38.